The molecule has 150 valence electrons. The molecule has 1 aliphatic heterocycles. The smallest absolute Gasteiger partial charge is 0.191 e. The van der Waals surface area contributed by atoms with E-state index in [-0.39, 0.29) is 29.6 Å². The van der Waals surface area contributed by atoms with E-state index in [0.717, 1.165) is 18.4 Å². The van der Waals surface area contributed by atoms with Crippen molar-refractivity contribution < 1.29 is 4.74 Å². The Balaban J connectivity index is 0.00000338. The maximum absolute atomic E-state index is 5.47. The van der Waals surface area contributed by atoms with Gasteiger partial charge in [-0.1, -0.05) is 13.0 Å². The molecule has 0 amide bonds. The molecule has 2 rings (SSSR count). The monoisotopic (exact) mass is 494 g/mol. The van der Waals surface area contributed by atoms with Crippen LogP contribution in [0.15, 0.2) is 22.5 Å². The molecule has 1 unspecified atom stereocenters. The molecule has 0 radical (unpaired) electrons. The van der Waals surface area contributed by atoms with Crippen LogP contribution in [0.3, 0.4) is 0 Å². The molecule has 0 bridgehead atoms. The summed E-state index contributed by atoms with van der Waals surface area (Å²) < 4.78 is 5.47. The van der Waals surface area contributed by atoms with Gasteiger partial charge in [-0.2, -0.15) is 0 Å². The lowest BCUT2D eigenvalue weighted by atomic mass is 9.97. The van der Waals surface area contributed by atoms with Crippen molar-refractivity contribution in [2.75, 3.05) is 40.3 Å². The summed E-state index contributed by atoms with van der Waals surface area (Å²) in [4.78, 5) is 8.40. The molecule has 1 saturated heterocycles. The van der Waals surface area contributed by atoms with Crippen LogP contribution < -0.4 is 10.6 Å². The van der Waals surface area contributed by atoms with Crippen LogP contribution in [0, 0.1) is 5.92 Å². The number of guanidine groups is 1. The summed E-state index contributed by atoms with van der Waals surface area (Å²) in [6, 6.07) is 4.80. The first kappa shape index (κ1) is 23.7. The fraction of sp³-hybridized carbons (Fsp3) is 0.737. The summed E-state index contributed by atoms with van der Waals surface area (Å²) in [5.74, 6) is 1.68. The van der Waals surface area contributed by atoms with Gasteiger partial charge < -0.3 is 15.4 Å². The number of piperidine rings is 1. The molecule has 0 aliphatic carbocycles. The van der Waals surface area contributed by atoms with Crippen LogP contribution in [0.5, 0.6) is 0 Å². The highest BCUT2D eigenvalue weighted by molar-refractivity contribution is 14.0. The SMILES string of the molecule is CN=C(NCC(c1cccs1)N1CCC(C)CC1)NCC(C)(C)OC.I. The molecule has 1 atom stereocenters. The summed E-state index contributed by atoms with van der Waals surface area (Å²) in [6.07, 6.45) is 2.58. The van der Waals surface area contributed by atoms with Gasteiger partial charge in [0.25, 0.3) is 0 Å². The number of hydrogen-bond donors (Lipinski definition) is 2. The Morgan fingerprint density at radius 3 is 2.62 bits per heavy atom. The molecule has 0 spiro atoms. The standard InChI is InChI=1S/C19H34N4OS.HI/c1-15-8-10-23(11-9-15)16(17-7-6-12-25-17)13-21-18(20-4)22-14-19(2,3)24-5;/h6-7,12,15-16H,8-11,13-14H2,1-5H3,(H2,20,21,22);1H. The van der Waals surface area contributed by atoms with Gasteiger partial charge in [0.15, 0.2) is 5.96 Å². The van der Waals surface area contributed by atoms with Crippen LogP contribution in [-0.4, -0.2) is 56.8 Å². The van der Waals surface area contributed by atoms with E-state index in [1.54, 1.807) is 7.11 Å². The highest BCUT2D eigenvalue weighted by atomic mass is 127. The van der Waals surface area contributed by atoms with Crippen molar-refractivity contribution in [3.8, 4) is 0 Å². The van der Waals surface area contributed by atoms with E-state index in [2.05, 4.69) is 58.8 Å². The number of halogens is 1. The molecule has 7 heteroatoms. The molecule has 1 aliphatic rings. The maximum atomic E-state index is 5.47. The van der Waals surface area contributed by atoms with Gasteiger partial charge in [-0.25, -0.2) is 0 Å². The second kappa shape index (κ2) is 11.5. The molecule has 0 aromatic carbocycles. The van der Waals surface area contributed by atoms with Crippen LogP contribution in [-0.2, 0) is 4.74 Å². The molecular weight excluding hydrogens is 459 g/mol. The summed E-state index contributed by atoms with van der Waals surface area (Å²) in [5, 5.41) is 9.05. The highest BCUT2D eigenvalue weighted by Gasteiger charge is 2.25. The molecule has 26 heavy (non-hydrogen) atoms. The zero-order valence-electron chi connectivity index (χ0n) is 16.7. The van der Waals surface area contributed by atoms with E-state index in [1.807, 2.05) is 18.4 Å². The van der Waals surface area contributed by atoms with E-state index in [9.17, 15) is 0 Å². The van der Waals surface area contributed by atoms with E-state index in [1.165, 1.54) is 30.8 Å². The normalized spacial score (nSPS) is 18.3. The number of likely N-dealkylation sites (tertiary alicyclic amines) is 1. The Morgan fingerprint density at radius 1 is 1.38 bits per heavy atom. The Hall–Kier alpha value is -0.380. The molecule has 1 aromatic heterocycles. The lowest BCUT2D eigenvalue weighted by Gasteiger charge is -2.36. The third-order valence-corrected chi connectivity index (χ3v) is 6.02. The van der Waals surface area contributed by atoms with Gasteiger partial charge in [-0.15, -0.1) is 35.3 Å². The van der Waals surface area contributed by atoms with Crippen molar-refractivity contribution >= 4 is 41.3 Å². The van der Waals surface area contributed by atoms with Crippen molar-refractivity contribution in [1.82, 2.24) is 15.5 Å². The number of thiophene rings is 1. The van der Waals surface area contributed by atoms with Gasteiger partial charge in [0.1, 0.15) is 0 Å². The van der Waals surface area contributed by atoms with Crippen LogP contribution in [0.4, 0.5) is 0 Å². The first-order valence-electron chi connectivity index (χ1n) is 9.22. The van der Waals surface area contributed by atoms with Crippen molar-refractivity contribution in [2.24, 2.45) is 10.9 Å². The van der Waals surface area contributed by atoms with Crippen LogP contribution in [0.2, 0.25) is 0 Å². The fourth-order valence-corrected chi connectivity index (χ4v) is 3.87. The number of rotatable bonds is 7. The van der Waals surface area contributed by atoms with E-state index >= 15 is 0 Å². The predicted molar refractivity (Wildman–Crippen MR) is 123 cm³/mol. The second-order valence-corrected chi connectivity index (χ2v) is 8.50. The molecule has 2 N–H and O–H groups in total. The average Bonchev–Trinajstić information content (AvgIpc) is 3.13. The van der Waals surface area contributed by atoms with Crippen molar-refractivity contribution in [1.29, 1.82) is 0 Å². The van der Waals surface area contributed by atoms with Gasteiger partial charge in [-0.05, 0) is 57.1 Å². The fourth-order valence-electron chi connectivity index (χ4n) is 3.01. The first-order chi connectivity index (χ1) is 11.9. The van der Waals surface area contributed by atoms with Gasteiger partial charge in [0.05, 0.1) is 11.6 Å². The quantitative estimate of drug-likeness (QED) is 0.345. The van der Waals surface area contributed by atoms with Gasteiger partial charge in [0, 0.05) is 32.1 Å². The first-order valence-corrected chi connectivity index (χ1v) is 10.1. The lowest BCUT2D eigenvalue weighted by Crippen LogP contribution is -2.48. The molecule has 2 heterocycles. The largest absolute Gasteiger partial charge is 0.377 e. The van der Waals surface area contributed by atoms with E-state index < -0.39 is 0 Å². The number of ether oxygens (including phenoxy) is 1. The van der Waals surface area contributed by atoms with E-state index in [4.69, 9.17) is 4.74 Å². The summed E-state index contributed by atoms with van der Waals surface area (Å²) >= 11 is 1.84. The Morgan fingerprint density at radius 2 is 2.08 bits per heavy atom. The number of nitrogens with zero attached hydrogens (tertiary/aromatic N) is 2. The average molecular weight is 494 g/mol. The number of nitrogens with one attached hydrogen (secondary N) is 2. The lowest BCUT2D eigenvalue weighted by molar-refractivity contribution is 0.0268. The second-order valence-electron chi connectivity index (χ2n) is 7.52. The number of methoxy groups -OCH3 is 1. The van der Waals surface area contributed by atoms with Crippen LogP contribution in [0.1, 0.15) is 44.5 Å². The van der Waals surface area contributed by atoms with Crippen molar-refractivity contribution in [3.05, 3.63) is 22.4 Å². The number of aliphatic imine (C=N–C) groups is 1. The third-order valence-electron chi connectivity index (χ3n) is 5.05. The minimum absolute atomic E-state index is 0. The molecule has 5 nitrogen and oxygen atoms in total. The summed E-state index contributed by atoms with van der Waals surface area (Å²) in [7, 11) is 3.56. The van der Waals surface area contributed by atoms with Gasteiger partial charge >= 0.3 is 0 Å². The maximum Gasteiger partial charge on any atom is 0.191 e. The van der Waals surface area contributed by atoms with Gasteiger partial charge in [-0.3, -0.25) is 9.89 Å². The summed E-state index contributed by atoms with van der Waals surface area (Å²) in [5.41, 5.74) is -0.215. The zero-order valence-corrected chi connectivity index (χ0v) is 19.9. The summed E-state index contributed by atoms with van der Waals surface area (Å²) in [6.45, 7) is 10.4. The predicted octanol–water partition coefficient (Wildman–Crippen LogP) is 3.73. The van der Waals surface area contributed by atoms with Crippen LogP contribution in [0.25, 0.3) is 0 Å². The number of hydrogen-bond acceptors (Lipinski definition) is 4. The van der Waals surface area contributed by atoms with E-state index in [0.29, 0.717) is 12.6 Å². The topological polar surface area (TPSA) is 48.9 Å². The van der Waals surface area contributed by atoms with Crippen molar-refractivity contribution in [3.63, 3.8) is 0 Å². The van der Waals surface area contributed by atoms with Crippen LogP contribution >= 0.6 is 35.3 Å². The molecule has 1 fully saturated rings. The highest BCUT2D eigenvalue weighted by Crippen LogP contribution is 2.29. The van der Waals surface area contributed by atoms with Crippen molar-refractivity contribution in [2.45, 2.75) is 45.3 Å². The molecule has 0 saturated carbocycles. The zero-order chi connectivity index (χ0) is 18.3. The Bertz CT molecular complexity index is 528. The minimum atomic E-state index is -0.215. The third kappa shape index (κ3) is 7.32. The molecule has 1 aromatic rings. The Labute approximate surface area is 180 Å². The Kier molecular flexibility index (Phi) is 10.4. The van der Waals surface area contributed by atoms with Gasteiger partial charge in [0.2, 0.25) is 0 Å². The minimum Gasteiger partial charge on any atom is -0.377 e. The molecular formula is C19H35IN4OS.